The summed E-state index contributed by atoms with van der Waals surface area (Å²) in [6.07, 6.45) is -4.18. The molecule has 0 spiro atoms. The van der Waals surface area contributed by atoms with Gasteiger partial charge in [-0.2, -0.15) is 13.2 Å². The summed E-state index contributed by atoms with van der Waals surface area (Å²) in [5, 5.41) is 24.1. The molecule has 3 aliphatic rings. The first-order valence-electron chi connectivity index (χ1n) is 16.4. The Bertz CT molecular complexity index is 1600. The molecule has 2 amide bonds. The Balaban J connectivity index is 1.13. The average Bonchev–Trinajstić information content (AvgIpc) is 3.59. The van der Waals surface area contributed by atoms with Gasteiger partial charge in [-0.3, -0.25) is 9.59 Å². The van der Waals surface area contributed by atoms with Crippen LogP contribution in [0.5, 0.6) is 0 Å². The predicted molar refractivity (Wildman–Crippen MR) is 175 cm³/mol. The van der Waals surface area contributed by atoms with Crippen molar-refractivity contribution in [2.75, 3.05) is 31.5 Å². The molecular weight excluding hydrogens is 663 g/mol. The van der Waals surface area contributed by atoms with Crippen molar-refractivity contribution < 1.29 is 42.4 Å². The van der Waals surface area contributed by atoms with E-state index in [0.717, 1.165) is 16.7 Å². The fraction of sp³-hybridized carbons (Fsp3) is 0.444. The van der Waals surface area contributed by atoms with E-state index in [9.17, 15) is 33.0 Å². The molecule has 0 saturated carbocycles. The van der Waals surface area contributed by atoms with E-state index < -0.39 is 35.9 Å². The van der Waals surface area contributed by atoms with Gasteiger partial charge in [0, 0.05) is 48.9 Å². The Hall–Kier alpha value is -3.52. The standard InChI is InChI=1S/C36H39ClF3N3O6/c37-27-11-9-26(10-12-27)35(47)15-18-42(19-16-35)21-29-20-31(24-5-3-23(22-44)4-6-24)49-33(48-29)25-7-13-28(14-8-25)41-32(45)30-2-1-17-43(30)34(46)36(38,39)40/h3-14,29-31,33,44,47H,1-2,15-22H2,(H,41,45)/t29-,30-,31+,33+/m0/s1. The highest BCUT2D eigenvalue weighted by Crippen LogP contribution is 2.40. The first-order valence-corrected chi connectivity index (χ1v) is 16.8. The van der Waals surface area contributed by atoms with E-state index in [1.165, 1.54) is 0 Å². The van der Waals surface area contributed by atoms with E-state index in [4.69, 9.17) is 21.1 Å². The first kappa shape index (κ1) is 35.3. The van der Waals surface area contributed by atoms with Crippen molar-refractivity contribution >= 4 is 29.1 Å². The minimum Gasteiger partial charge on any atom is -0.392 e. The number of alkyl halides is 3. The second kappa shape index (κ2) is 14.8. The number of carbonyl (C=O) groups is 2. The summed E-state index contributed by atoms with van der Waals surface area (Å²) in [6.45, 7) is 1.75. The number of aliphatic hydroxyl groups excluding tert-OH is 1. The van der Waals surface area contributed by atoms with Gasteiger partial charge in [0.2, 0.25) is 5.91 Å². The number of benzene rings is 3. The molecule has 6 rings (SSSR count). The lowest BCUT2D eigenvalue weighted by molar-refractivity contribution is -0.253. The SMILES string of the molecule is O=C(Nc1ccc([C@@H]2O[C@H](CN3CCC(O)(c4ccc(Cl)cc4)CC3)C[C@H](c3ccc(CO)cc3)O2)cc1)[C@@H]1CCCN1C(=O)C(F)(F)F. The number of halogens is 4. The third-order valence-corrected chi connectivity index (χ3v) is 9.90. The number of nitrogens with zero attached hydrogens (tertiary/aromatic N) is 2. The lowest BCUT2D eigenvalue weighted by atomic mass is 9.84. The van der Waals surface area contributed by atoms with Crippen LogP contribution in [0.25, 0.3) is 0 Å². The van der Waals surface area contributed by atoms with E-state index in [1.807, 2.05) is 36.4 Å². The number of aliphatic hydroxyl groups is 2. The van der Waals surface area contributed by atoms with Crippen molar-refractivity contribution in [1.82, 2.24) is 9.80 Å². The van der Waals surface area contributed by atoms with Gasteiger partial charge in [-0.1, -0.05) is 60.1 Å². The van der Waals surface area contributed by atoms with Crippen LogP contribution in [0.1, 0.15) is 66.8 Å². The Kier molecular flexibility index (Phi) is 10.6. The maximum absolute atomic E-state index is 13.0. The predicted octanol–water partition coefficient (Wildman–Crippen LogP) is 5.85. The maximum atomic E-state index is 13.0. The molecule has 3 saturated heterocycles. The third kappa shape index (κ3) is 8.28. The highest BCUT2D eigenvalue weighted by molar-refractivity contribution is 6.30. The lowest BCUT2D eigenvalue weighted by Crippen LogP contribution is -2.48. The molecule has 3 fully saturated rings. The Labute approximate surface area is 287 Å². The van der Waals surface area contributed by atoms with Crippen LogP contribution >= 0.6 is 11.6 Å². The van der Waals surface area contributed by atoms with Crippen LogP contribution in [-0.4, -0.2) is 76.3 Å². The molecule has 0 bridgehead atoms. The number of likely N-dealkylation sites (tertiary alicyclic amines) is 2. The lowest BCUT2D eigenvalue weighted by Gasteiger charge is -2.42. The third-order valence-electron chi connectivity index (χ3n) is 9.65. The Morgan fingerprint density at radius 3 is 2.20 bits per heavy atom. The second-order valence-corrected chi connectivity index (χ2v) is 13.4. The van der Waals surface area contributed by atoms with E-state index >= 15 is 0 Å². The van der Waals surface area contributed by atoms with Crippen molar-refractivity contribution in [2.45, 2.75) is 75.0 Å². The van der Waals surface area contributed by atoms with Crippen LogP contribution < -0.4 is 5.32 Å². The van der Waals surface area contributed by atoms with Gasteiger partial charge in [-0.25, -0.2) is 0 Å². The molecule has 3 aromatic rings. The molecular formula is C36H39ClF3N3O6. The van der Waals surface area contributed by atoms with Crippen molar-refractivity contribution in [1.29, 1.82) is 0 Å². The average molecular weight is 702 g/mol. The number of rotatable bonds is 8. The summed E-state index contributed by atoms with van der Waals surface area (Å²) in [5.74, 6) is -2.69. The van der Waals surface area contributed by atoms with Crippen molar-refractivity contribution in [3.63, 3.8) is 0 Å². The zero-order valence-electron chi connectivity index (χ0n) is 26.7. The number of anilines is 1. The number of ether oxygens (including phenoxy) is 2. The van der Waals surface area contributed by atoms with Gasteiger partial charge in [0.25, 0.3) is 0 Å². The van der Waals surface area contributed by atoms with E-state index in [-0.39, 0.29) is 31.8 Å². The number of amides is 2. The van der Waals surface area contributed by atoms with Crippen molar-refractivity contribution in [3.05, 3.63) is 100 Å². The van der Waals surface area contributed by atoms with Gasteiger partial charge in [-0.15, -0.1) is 0 Å². The fourth-order valence-electron chi connectivity index (χ4n) is 6.87. The van der Waals surface area contributed by atoms with Gasteiger partial charge in [0.1, 0.15) is 6.04 Å². The smallest absolute Gasteiger partial charge is 0.392 e. The van der Waals surface area contributed by atoms with Crippen LogP contribution in [0.3, 0.4) is 0 Å². The second-order valence-electron chi connectivity index (χ2n) is 13.0. The van der Waals surface area contributed by atoms with Crippen molar-refractivity contribution in [3.8, 4) is 0 Å². The molecule has 3 N–H and O–H groups in total. The van der Waals surface area contributed by atoms with Gasteiger partial charge >= 0.3 is 12.1 Å². The topological polar surface area (TPSA) is 112 Å². The number of hydrogen-bond acceptors (Lipinski definition) is 7. The zero-order valence-corrected chi connectivity index (χ0v) is 27.5. The summed E-state index contributed by atoms with van der Waals surface area (Å²) in [6, 6.07) is 20.4. The normalized spacial score (nSPS) is 24.5. The number of nitrogens with one attached hydrogen (secondary N) is 1. The molecule has 0 radical (unpaired) electrons. The molecule has 13 heteroatoms. The largest absolute Gasteiger partial charge is 0.471 e. The minimum absolute atomic E-state index is 0.0716. The summed E-state index contributed by atoms with van der Waals surface area (Å²) in [4.78, 5) is 27.6. The number of carbonyl (C=O) groups excluding carboxylic acids is 2. The molecule has 0 aliphatic carbocycles. The molecule has 262 valence electrons. The van der Waals surface area contributed by atoms with E-state index in [2.05, 4.69) is 10.2 Å². The minimum atomic E-state index is -5.05. The summed E-state index contributed by atoms with van der Waals surface area (Å²) >= 11 is 6.05. The summed E-state index contributed by atoms with van der Waals surface area (Å²) in [7, 11) is 0. The molecule has 3 heterocycles. The quantitative estimate of drug-likeness (QED) is 0.270. The zero-order chi connectivity index (χ0) is 34.8. The summed E-state index contributed by atoms with van der Waals surface area (Å²) in [5.41, 5.74) is 2.69. The molecule has 0 unspecified atom stereocenters. The van der Waals surface area contributed by atoms with E-state index in [1.54, 1.807) is 36.4 Å². The summed E-state index contributed by atoms with van der Waals surface area (Å²) < 4.78 is 52.1. The fourth-order valence-corrected chi connectivity index (χ4v) is 7.00. The van der Waals surface area contributed by atoms with Crippen LogP contribution in [-0.2, 0) is 31.3 Å². The van der Waals surface area contributed by atoms with Crippen LogP contribution in [0, 0.1) is 0 Å². The monoisotopic (exact) mass is 701 g/mol. The molecule has 3 aliphatic heterocycles. The molecule has 4 atom stereocenters. The van der Waals surface area contributed by atoms with E-state index in [0.29, 0.717) is 66.5 Å². The Morgan fingerprint density at radius 2 is 1.57 bits per heavy atom. The highest BCUT2D eigenvalue weighted by Gasteiger charge is 2.47. The van der Waals surface area contributed by atoms with Gasteiger partial charge in [-0.05, 0) is 66.6 Å². The maximum Gasteiger partial charge on any atom is 0.471 e. The first-order chi connectivity index (χ1) is 23.4. The Morgan fingerprint density at radius 1 is 0.918 bits per heavy atom. The molecule has 0 aromatic heterocycles. The molecule has 3 aromatic carbocycles. The number of hydrogen-bond donors (Lipinski definition) is 3. The molecule has 49 heavy (non-hydrogen) atoms. The van der Waals surface area contributed by atoms with Gasteiger partial charge in [0.05, 0.1) is 24.4 Å². The van der Waals surface area contributed by atoms with Crippen LogP contribution in [0.4, 0.5) is 18.9 Å². The van der Waals surface area contributed by atoms with Gasteiger partial charge in [0.15, 0.2) is 6.29 Å². The van der Waals surface area contributed by atoms with Crippen LogP contribution in [0.15, 0.2) is 72.8 Å². The number of piperidine rings is 1. The van der Waals surface area contributed by atoms with Crippen LogP contribution in [0.2, 0.25) is 5.02 Å². The highest BCUT2D eigenvalue weighted by atomic mass is 35.5. The van der Waals surface area contributed by atoms with Gasteiger partial charge < -0.3 is 34.8 Å². The van der Waals surface area contributed by atoms with Crippen molar-refractivity contribution in [2.24, 2.45) is 0 Å². The molecule has 9 nitrogen and oxygen atoms in total.